The van der Waals surface area contributed by atoms with Crippen LogP contribution in [-0.2, 0) is 14.3 Å². The van der Waals surface area contributed by atoms with Crippen molar-refractivity contribution in [1.29, 1.82) is 0 Å². The van der Waals surface area contributed by atoms with Crippen molar-refractivity contribution >= 4 is 11.9 Å². The smallest absolute Gasteiger partial charge is 0.329 e. The van der Waals surface area contributed by atoms with Crippen LogP contribution < -0.4 is 10.1 Å². The summed E-state index contributed by atoms with van der Waals surface area (Å²) in [5.41, 5.74) is 1.06. The highest BCUT2D eigenvalue weighted by molar-refractivity contribution is 5.89. The van der Waals surface area contributed by atoms with Crippen molar-refractivity contribution < 1.29 is 24.2 Å². The number of benzene rings is 1. The Labute approximate surface area is 148 Å². The SMILES string of the molecule is Cc1cc(OC(C)C(=O)NC2(C(=O)O)CCOCC2)ccc1C(C)C. The lowest BCUT2D eigenvalue weighted by Crippen LogP contribution is -2.59. The lowest BCUT2D eigenvalue weighted by atomic mass is 9.90. The predicted octanol–water partition coefficient (Wildman–Crippen LogP) is 2.64. The number of aliphatic carboxylic acids is 1. The van der Waals surface area contributed by atoms with E-state index in [0.717, 1.165) is 5.56 Å². The molecule has 6 nitrogen and oxygen atoms in total. The zero-order valence-corrected chi connectivity index (χ0v) is 15.3. The molecule has 1 heterocycles. The fraction of sp³-hybridized carbons (Fsp3) is 0.579. The van der Waals surface area contributed by atoms with Crippen molar-refractivity contribution in [1.82, 2.24) is 5.32 Å². The van der Waals surface area contributed by atoms with Gasteiger partial charge in [0.05, 0.1) is 0 Å². The summed E-state index contributed by atoms with van der Waals surface area (Å²) < 4.78 is 10.9. The maximum absolute atomic E-state index is 12.4. The molecular formula is C19H27NO5. The minimum atomic E-state index is -1.27. The van der Waals surface area contributed by atoms with E-state index >= 15 is 0 Å². The summed E-state index contributed by atoms with van der Waals surface area (Å²) in [6.07, 6.45) is -0.283. The standard InChI is InChI=1S/C19H27NO5/c1-12(2)16-6-5-15(11-13(16)3)25-14(4)17(21)20-19(18(22)23)7-9-24-10-8-19/h5-6,11-12,14H,7-10H2,1-4H3,(H,20,21)(H,22,23). The molecule has 1 aromatic rings. The van der Waals surface area contributed by atoms with Crippen LogP contribution in [0.1, 0.15) is 50.7 Å². The normalized spacial score (nSPS) is 17.8. The minimum absolute atomic E-state index is 0.253. The zero-order valence-electron chi connectivity index (χ0n) is 15.3. The highest BCUT2D eigenvalue weighted by Crippen LogP contribution is 2.25. The Morgan fingerprint density at radius 3 is 2.40 bits per heavy atom. The van der Waals surface area contributed by atoms with Crippen molar-refractivity contribution in [2.45, 2.75) is 58.1 Å². The van der Waals surface area contributed by atoms with Gasteiger partial charge in [0.25, 0.3) is 5.91 Å². The summed E-state index contributed by atoms with van der Waals surface area (Å²) in [5, 5.41) is 12.2. The van der Waals surface area contributed by atoms with Gasteiger partial charge >= 0.3 is 5.97 Å². The molecule has 1 saturated heterocycles. The molecule has 1 amide bonds. The number of carbonyl (C=O) groups is 2. The van der Waals surface area contributed by atoms with Crippen LogP contribution in [0.3, 0.4) is 0 Å². The van der Waals surface area contributed by atoms with Crippen LogP contribution in [0.4, 0.5) is 0 Å². The summed E-state index contributed by atoms with van der Waals surface area (Å²) in [4.78, 5) is 24.1. The van der Waals surface area contributed by atoms with Gasteiger partial charge in [-0.15, -0.1) is 0 Å². The third kappa shape index (κ3) is 4.51. The summed E-state index contributed by atoms with van der Waals surface area (Å²) in [6.45, 7) is 8.51. The maximum Gasteiger partial charge on any atom is 0.329 e. The molecule has 1 aromatic carbocycles. The van der Waals surface area contributed by atoms with Crippen molar-refractivity contribution in [2.24, 2.45) is 0 Å². The highest BCUT2D eigenvalue weighted by Gasteiger charge is 2.42. The molecule has 6 heteroatoms. The van der Waals surface area contributed by atoms with Gasteiger partial charge in [-0.3, -0.25) is 4.79 Å². The summed E-state index contributed by atoms with van der Waals surface area (Å²) in [5.74, 6) is -0.456. The van der Waals surface area contributed by atoms with Gasteiger partial charge in [-0.2, -0.15) is 0 Å². The Kier molecular flexibility index (Phi) is 6.06. The summed E-state index contributed by atoms with van der Waals surface area (Å²) in [7, 11) is 0. The third-order valence-electron chi connectivity index (χ3n) is 4.66. The topological polar surface area (TPSA) is 84.9 Å². The van der Waals surface area contributed by atoms with Crippen LogP contribution >= 0.6 is 0 Å². The number of aryl methyl sites for hydroxylation is 1. The molecule has 2 rings (SSSR count). The Morgan fingerprint density at radius 1 is 1.24 bits per heavy atom. The van der Waals surface area contributed by atoms with Gasteiger partial charge in [-0.05, 0) is 43.0 Å². The third-order valence-corrected chi connectivity index (χ3v) is 4.66. The van der Waals surface area contributed by atoms with Crippen molar-refractivity contribution in [3.8, 4) is 5.75 Å². The van der Waals surface area contributed by atoms with E-state index in [1.807, 2.05) is 25.1 Å². The van der Waals surface area contributed by atoms with Crippen LogP contribution in [0.5, 0.6) is 5.75 Å². The molecule has 138 valence electrons. The number of nitrogens with one attached hydrogen (secondary N) is 1. The first-order valence-electron chi connectivity index (χ1n) is 8.65. The van der Waals surface area contributed by atoms with Crippen molar-refractivity contribution in [3.05, 3.63) is 29.3 Å². The Balaban J connectivity index is 2.04. The van der Waals surface area contributed by atoms with Gasteiger partial charge in [0.2, 0.25) is 0 Å². The lowest BCUT2D eigenvalue weighted by Gasteiger charge is -2.34. The van der Waals surface area contributed by atoms with E-state index in [9.17, 15) is 14.7 Å². The Morgan fingerprint density at radius 2 is 1.88 bits per heavy atom. The zero-order chi connectivity index (χ0) is 18.6. The number of carboxylic acids is 1. The number of hydrogen-bond acceptors (Lipinski definition) is 4. The van der Waals surface area contributed by atoms with Gasteiger partial charge in [-0.25, -0.2) is 4.79 Å². The highest BCUT2D eigenvalue weighted by atomic mass is 16.5. The first-order chi connectivity index (χ1) is 11.7. The van der Waals surface area contributed by atoms with Crippen LogP contribution in [0.2, 0.25) is 0 Å². The van der Waals surface area contributed by atoms with Gasteiger partial charge in [0.1, 0.15) is 11.3 Å². The largest absolute Gasteiger partial charge is 0.481 e. The molecule has 0 aliphatic carbocycles. The van der Waals surface area contributed by atoms with E-state index in [0.29, 0.717) is 24.9 Å². The number of carboxylic acid groups (broad SMARTS) is 1. The van der Waals surface area contributed by atoms with E-state index in [1.165, 1.54) is 5.56 Å². The number of rotatable bonds is 6. The van der Waals surface area contributed by atoms with E-state index in [-0.39, 0.29) is 12.8 Å². The molecule has 1 atom stereocenters. The van der Waals surface area contributed by atoms with Gasteiger partial charge in [-0.1, -0.05) is 19.9 Å². The fourth-order valence-corrected chi connectivity index (χ4v) is 3.08. The second-order valence-electron chi connectivity index (χ2n) is 6.92. The van der Waals surface area contributed by atoms with E-state index in [2.05, 4.69) is 19.2 Å². The molecule has 25 heavy (non-hydrogen) atoms. The van der Waals surface area contributed by atoms with E-state index in [1.54, 1.807) is 6.92 Å². The van der Waals surface area contributed by atoms with Crippen molar-refractivity contribution in [3.63, 3.8) is 0 Å². The van der Waals surface area contributed by atoms with E-state index in [4.69, 9.17) is 9.47 Å². The summed E-state index contributed by atoms with van der Waals surface area (Å²) in [6, 6.07) is 5.74. The second-order valence-corrected chi connectivity index (χ2v) is 6.92. The number of carbonyl (C=O) groups excluding carboxylic acids is 1. The van der Waals surface area contributed by atoms with Crippen LogP contribution in [0, 0.1) is 6.92 Å². The van der Waals surface area contributed by atoms with Gasteiger partial charge < -0.3 is 19.9 Å². The van der Waals surface area contributed by atoms with Gasteiger partial charge in [0.15, 0.2) is 6.10 Å². The molecule has 0 bridgehead atoms. The molecular weight excluding hydrogens is 322 g/mol. The number of hydrogen-bond donors (Lipinski definition) is 2. The number of amides is 1. The molecule has 1 aliphatic rings. The Hall–Kier alpha value is -2.08. The average molecular weight is 349 g/mol. The van der Waals surface area contributed by atoms with Crippen molar-refractivity contribution in [2.75, 3.05) is 13.2 Å². The molecule has 1 aliphatic heterocycles. The molecule has 0 saturated carbocycles. The first-order valence-corrected chi connectivity index (χ1v) is 8.65. The van der Waals surface area contributed by atoms with Gasteiger partial charge in [0, 0.05) is 26.1 Å². The number of ether oxygens (including phenoxy) is 2. The second kappa shape index (κ2) is 7.87. The monoisotopic (exact) mass is 349 g/mol. The molecule has 1 unspecified atom stereocenters. The van der Waals surface area contributed by atoms with Crippen LogP contribution in [0.25, 0.3) is 0 Å². The lowest BCUT2D eigenvalue weighted by molar-refractivity contribution is -0.153. The molecule has 0 spiro atoms. The fourth-order valence-electron chi connectivity index (χ4n) is 3.08. The average Bonchev–Trinajstić information content (AvgIpc) is 2.55. The summed E-state index contributed by atoms with van der Waals surface area (Å²) >= 11 is 0. The van der Waals surface area contributed by atoms with Crippen LogP contribution in [0.15, 0.2) is 18.2 Å². The maximum atomic E-state index is 12.4. The molecule has 0 radical (unpaired) electrons. The van der Waals surface area contributed by atoms with E-state index < -0.39 is 23.5 Å². The minimum Gasteiger partial charge on any atom is -0.481 e. The molecule has 0 aromatic heterocycles. The molecule has 2 N–H and O–H groups in total. The molecule has 1 fully saturated rings. The first kappa shape index (κ1) is 19.2. The predicted molar refractivity (Wildman–Crippen MR) is 93.9 cm³/mol. The van der Waals surface area contributed by atoms with Crippen LogP contribution in [-0.4, -0.2) is 41.8 Å². The Bertz CT molecular complexity index is 635. The quantitative estimate of drug-likeness (QED) is 0.825.